The van der Waals surface area contributed by atoms with E-state index < -0.39 is 5.97 Å². The van der Waals surface area contributed by atoms with Crippen LogP contribution < -0.4 is 5.32 Å². The zero-order chi connectivity index (χ0) is 22.7. The highest BCUT2D eigenvalue weighted by atomic mass is 32.2. The molecule has 0 unspecified atom stereocenters. The summed E-state index contributed by atoms with van der Waals surface area (Å²) in [7, 11) is 3.43. The van der Waals surface area contributed by atoms with Crippen LogP contribution >= 0.6 is 23.1 Å². The Balaban J connectivity index is 1.46. The van der Waals surface area contributed by atoms with E-state index in [2.05, 4.69) is 48.5 Å². The Morgan fingerprint density at radius 2 is 1.84 bits per heavy atom. The number of amides is 1. The van der Waals surface area contributed by atoms with E-state index in [4.69, 9.17) is 4.74 Å². The number of hydrogen-bond acceptors (Lipinski definition) is 6. The van der Waals surface area contributed by atoms with Crippen LogP contribution in [0.25, 0.3) is 0 Å². The first kappa shape index (κ1) is 22.6. The highest BCUT2D eigenvalue weighted by Crippen LogP contribution is 2.37. The van der Waals surface area contributed by atoms with E-state index in [0.29, 0.717) is 16.1 Å². The third-order valence-corrected chi connectivity index (χ3v) is 7.72. The number of nitrogens with zero attached hydrogens (tertiary/aromatic N) is 1. The Bertz CT molecular complexity index is 1120. The van der Waals surface area contributed by atoms with E-state index in [-0.39, 0.29) is 5.91 Å². The summed E-state index contributed by atoms with van der Waals surface area (Å²) < 4.78 is 5.00. The van der Waals surface area contributed by atoms with E-state index in [1.54, 1.807) is 11.8 Å². The zero-order valence-electron chi connectivity index (χ0n) is 18.4. The van der Waals surface area contributed by atoms with Crippen LogP contribution in [0, 0.1) is 6.92 Å². The maximum Gasteiger partial charge on any atom is 0.341 e. The van der Waals surface area contributed by atoms with Crippen LogP contribution in [0.3, 0.4) is 0 Å². The summed E-state index contributed by atoms with van der Waals surface area (Å²) in [5.74, 6) is 0.216. The molecule has 0 saturated heterocycles. The van der Waals surface area contributed by atoms with Crippen molar-refractivity contribution in [3.05, 3.63) is 81.2 Å². The van der Waals surface area contributed by atoms with Crippen LogP contribution in [-0.2, 0) is 23.5 Å². The minimum atomic E-state index is -0.397. The summed E-state index contributed by atoms with van der Waals surface area (Å²) in [6.07, 6.45) is 0.774. The molecule has 3 aromatic rings. The number of likely N-dealkylation sites (N-methyl/N-ethyl adjacent to an activating group) is 1. The van der Waals surface area contributed by atoms with Gasteiger partial charge in [-0.15, -0.1) is 23.1 Å². The molecule has 0 saturated carbocycles. The van der Waals surface area contributed by atoms with E-state index >= 15 is 0 Å². The van der Waals surface area contributed by atoms with Crippen LogP contribution in [0.2, 0.25) is 0 Å². The maximum absolute atomic E-state index is 12.9. The van der Waals surface area contributed by atoms with Crippen molar-refractivity contribution in [3.8, 4) is 0 Å². The van der Waals surface area contributed by atoms with Crippen molar-refractivity contribution in [3.63, 3.8) is 0 Å². The molecule has 2 heterocycles. The molecule has 7 heteroatoms. The van der Waals surface area contributed by atoms with Gasteiger partial charge in [0, 0.05) is 34.2 Å². The second kappa shape index (κ2) is 9.90. The van der Waals surface area contributed by atoms with Crippen LogP contribution in [0.4, 0.5) is 5.00 Å². The number of thiophene rings is 1. The predicted molar refractivity (Wildman–Crippen MR) is 131 cm³/mol. The molecule has 1 aliphatic rings. The summed E-state index contributed by atoms with van der Waals surface area (Å²) in [5, 5.41) is 3.52. The van der Waals surface area contributed by atoms with Crippen LogP contribution in [0.5, 0.6) is 0 Å². The number of carbonyl (C=O) groups is 2. The molecule has 1 N–H and O–H groups in total. The number of nitrogens with one attached hydrogen (secondary N) is 1. The molecule has 0 atom stereocenters. The lowest BCUT2D eigenvalue weighted by molar-refractivity contribution is 0.0600. The lowest BCUT2D eigenvalue weighted by Gasteiger charge is -2.22. The molecular formula is C25H26N2O3S2. The Morgan fingerprint density at radius 1 is 1.12 bits per heavy atom. The topological polar surface area (TPSA) is 58.6 Å². The second-order valence-electron chi connectivity index (χ2n) is 7.94. The third kappa shape index (κ3) is 5.06. The smallest absolute Gasteiger partial charge is 0.341 e. The summed E-state index contributed by atoms with van der Waals surface area (Å²) in [6, 6.07) is 16.1. The Kier molecular flexibility index (Phi) is 6.98. The molecule has 2 aromatic carbocycles. The van der Waals surface area contributed by atoms with Gasteiger partial charge in [0.1, 0.15) is 5.00 Å². The molecule has 0 fully saturated rings. The van der Waals surface area contributed by atoms with Gasteiger partial charge in [-0.3, -0.25) is 4.79 Å². The van der Waals surface area contributed by atoms with Gasteiger partial charge in [-0.1, -0.05) is 29.8 Å². The first-order valence-electron chi connectivity index (χ1n) is 10.5. The zero-order valence-corrected chi connectivity index (χ0v) is 20.1. The summed E-state index contributed by atoms with van der Waals surface area (Å²) >= 11 is 3.23. The van der Waals surface area contributed by atoms with Gasteiger partial charge >= 0.3 is 5.97 Å². The van der Waals surface area contributed by atoms with Gasteiger partial charge in [0.25, 0.3) is 5.91 Å². The standard InChI is InChI=1S/C25H26N2O3S2/c1-16-4-10-19(11-5-16)31-15-17-6-8-18(9-7-17)23(28)26-24-22(25(29)30-3)20-12-13-27(2)14-21(20)32-24/h4-11H,12-15H2,1-3H3,(H,26,28). The number of carbonyl (C=O) groups excluding carboxylic acids is 2. The number of esters is 1. The first-order chi connectivity index (χ1) is 15.4. The number of thioether (sulfide) groups is 1. The normalized spacial score (nSPS) is 13.5. The number of aryl methyl sites for hydroxylation is 1. The Labute approximate surface area is 196 Å². The van der Waals surface area contributed by atoms with E-state index in [0.717, 1.165) is 41.3 Å². The van der Waals surface area contributed by atoms with Crippen LogP contribution in [0.1, 0.15) is 42.3 Å². The lowest BCUT2D eigenvalue weighted by Crippen LogP contribution is -2.26. The van der Waals surface area contributed by atoms with Gasteiger partial charge in [-0.25, -0.2) is 4.79 Å². The minimum absolute atomic E-state index is 0.222. The monoisotopic (exact) mass is 466 g/mol. The molecule has 4 rings (SSSR count). The van der Waals surface area contributed by atoms with Gasteiger partial charge in [-0.05, 0) is 55.8 Å². The second-order valence-corrected chi connectivity index (χ2v) is 10.1. The molecule has 0 spiro atoms. The van der Waals surface area contributed by atoms with Crippen molar-refractivity contribution in [2.45, 2.75) is 30.5 Å². The van der Waals surface area contributed by atoms with E-state index in [9.17, 15) is 9.59 Å². The fraction of sp³-hybridized carbons (Fsp3) is 0.280. The SMILES string of the molecule is COC(=O)c1c(NC(=O)c2ccc(CSc3ccc(C)cc3)cc2)sc2c1CCN(C)C2. The summed E-state index contributed by atoms with van der Waals surface area (Å²) in [5.41, 5.74) is 4.46. The van der Waals surface area contributed by atoms with Crippen molar-refractivity contribution >= 4 is 40.0 Å². The molecule has 0 aliphatic carbocycles. The third-order valence-electron chi connectivity index (χ3n) is 5.51. The molecule has 1 amide bonds. The quantitative estimate of drug-likeness (QED) is 0.391. The van der Waals surface area contributed by atoms with Crippen molar-refractivity contribution < 1.29 is 14.3 Å². The number of hydrogen-bond donors (Lipinski definition) is 1. The molecule has 5 nitrogen and oxygen atoms in total. The number of ether oxygens (including phenoxy) is 1. The number of rotatable bonds is 6. The van der Waals surface area contributed by atoms with Crippen LogP contribution in [0.15, 0.2) is 53.4 Å². The van der Waals surface area contributed by atoms with Crippen molar-refractivity contribution in [1.29, 1.82) is 0 Å². The number of methoxy groups -OCH3 is 1. The average molecular weight is 467 g/mol. The van der Waals surface area contributed by atoms with Gasteiger partial charge < -0.3 is 15.0 Å². The van der Waals surface area contributed by atoms with Gasteiger partial charge in [-0.2, -0.15) is 0 Å². The van der Waals surface area contributed by atoms with Gasteiger partial charge in [0.15, 0.2) is 0 Å². The number of benzene rings is 2. The summed E-state index contributed by atoms with van der Waals surface area (Å²) in [6.45, 7) is 3.73. The molecule has 0 bridgehead atoms. The molecule has 1 aromatic heterocycles. The van der Waals surface area contributed by atoms with Crippen molar-refractivity contribution in [2.24, 2.45) is 0 Å². The number of anilines is 1. The molecular weight excluding hydrogens is 440 g/mol. The lowest BCUT2D eigenvalue weighted by atomic mass is 10.0. The molecule has 1 aliphatic heterocycles. The van der Waals surface area contributed by atoms with Gasteiger partial charge in [0.2, 0.25) is 0 Å². The Hall–Kier alpha value is -2.61. The van der Waals surface area contributed by atoms with Crippen molar-refractivity contribution in [2.75, 3.05) is 26.0 Å². The predicted octanol–water partition coefficient (Wildman–Crippen LogP) is 5.38. The average Bonchev–Trinajstić information content (AvgIpc) is 3.15. The highest BCUT2D eigenvalue weighted by molar-refractivity contribution is 7.98. The van der Waals surface area contributed by atoms with E-state index in [1.165, 1.54) is 28.9 Å². The van der Waals surface area contributed by atoms with Gasteiger partial charge in [0.05, 0.1) is 12.7 Å². The number of fused-ring (bicyclic) bond motifs is 1. The van der Waals surface area contributed by atoms with Crippen LogP contribution in [-0.4, -0.2) is 37.5 Å². The first-order valence-corrected chi connectivity index (χ1v) is 12.3. The molecule has 166 valence electrons. The van der Waals surface area contributed by atoms with E-state index in [1.807, 2.05) is 24.3 Å². The fourth-order valence-electron chi connectivity index (χ4n) is 3.67. The maximum atomic E-state index is 12.9. The summed E-state index contributed by atoms with van der Waals surface area (Å²) in [4.78, 5) is 29.9. The Morgan fingerprint density at radius 3 is 2.53 bits per heavy atom. The van der Waals surface area contributed by atoms with Crippen molar-refractivity contribution in [1.82, 2.24) is 4.90 Å². The molecule has 32 heavy (non-hydrogen) atoms. The minimum Gasteiger partial charge on any atom is -0.465 e. The largest absolute Gasteiger partial charge is 0.465 e. The highest BCUT2D eigenvalue weighted by Gasteiger charge is 2.28. The molecule has 0 radical (unpaired) electrons. The fourth-order valence-corrected chi connectivity index (χ4v) is 5.83.